The fraction of sp³-hybridized carbons (Fsp3) is 0.571. The summed E-state index contributed by atoms with van der Waals surface area (Å²) in [5.74, 6) is 1.07. The molecular formula is C14H19N3O. The molecule has 0 saturated heterocycles. The molecule has 1 fully saturated rings. The highest BCUT2D eigenvalue weighted by Crippen LogP contribution is 2.30. The highest BCUT2D eigenvalue weighted by molar-refractivity contribution is 6.05. The van der Waals surface area contributed by atoms with E-state index in [1.807, 2.05) is 18.0 Å². The van der Waals surface area contributed by atoms with Crippen LogP contribution in [-0.4, -0.2) is 22.6 Å². The third-order valence-electron chi connectivity index (χ3n) is 4.10. The van der Waals surface area contributed by atoms with Crippen LogP contribution in [0.2, 0.25) is 0 Å². The minimum atomic E-state index is 0.164. The number of nitrogens with zero attached hydrogens (tertiary/aromatic N) is 2. The van der Waals surface area contributed by atoms with Crippen LogP contribution in [0, 0.1) is 0 Å². The zero-order chi connectivity index (χ0) is 12.5. The molecule has 1 aromatic heterocycles. The monoisotopic (exact) mass is 245 g/mol. The van der Waals surface area contributed by atoms with Gasteiger partial charge in [-0.3, -0.25) is 14.8 Å². The van der Waals surface area contributed by atoms with Gasteiger partial charge in [-0.05, 0) is 45.4 Å². The third-order valence-corrected chi connectivity index (χ3v) is 4.10. The summed E-state index contributed by atoms with van der Waals surface area (Å²) >= 11 is 0. The minimum absolute atomic E-state index is 0.164. The molecule has 0 unspecified atom stereocenters. The normalized spacial score (nSPS) is 18.9. The molecule has 3 rings (SSSR count). The highest BCUT2D eigenvalue weighted by Gasteiger charge is 2.26. The van der Waals surface area contributed by atoms with Crippen molar-refractivity contribution >= 4 is 11.7 Å². The fourth-order valence-corrected chi connectivity index (χ4v) is 2.99. The molecule has 2 heterocycles. The summed E-state index contributed by atoms with van der Waals surface area (Å²) in [6.07, 6.45) is 8.55. The van der Waals surface area contributed by atoms with Crippen LogP contribution >= 0.6 is 0 Å². The molecule has 1 amide bonds. The number of carbonyl (C=O) groups is 1. The predicted molar refractivity (Wildman–Crippen MR) is 70.4 cm³/mol. The molecule has 0 spiro atoms. The van der Waals surface area contributed by atoms with Crippen molar-refractivity contribution in [3.63, 3.8) is 0 Å². The lowest BCUT2D eigenvalue weighted by Gasteiger charge is -2.27. The van der Waals surface area contributed by atoms with E-state index in [1.165, 1.54) is 24.0 Å². The van der Waals surface area contributed by atoms with Crippen LogP contribution in [-0.2, 0) is 11.2 Å². The lowest BCUT2D eigenvalue weighted by Crippen LogP contribution is -2.36. The number of fused-ring (bicyclic) bond motifs is 1. The predicted octanol–water partition coefficient (Wildman–Crippen LogP) is 2.58. The number of aromatic nitrogens is 2. The van der Waals surface area contributed by atoms with E-state index in [0.29, 0.717) is 0 Å². The Kier molecular flexibility index (Phi) is 2.94. The highest BCUT2D eigenvalue weighted by atomic mass is 16.2. The van der Waals surface area contributed by atoms with E-state index in [4.69, 9.17) is 0 Å². The second kappa shape index (κ2) is 4.59. The molecule has 0 radical (unpaired) electrons. The van der Waals surface area contributed by atoms with Crippen molar-refractivity contribution in [1.82, 2.24) is 10.2 Å². The quantitative estimate of drug-likeness (QED) is 0.773. The number of aromatic amines is 1. The molecule has 1 aliphatic carbocycles. The Morgan fingerprint density at radius 2 is 2.06 bits per heavy atom. The van der Waals surface area contributed by atoms with Gasteiger partial charge in [0.2, 0.25) is 0 Å². The van der Waals surface area contributed by atoms with Crippen molar-refractivity contribution in [2.24, 2.45) is 0 Å². The van der Waals surface area contributed by atoms with Crippen LogP contribution in [0.3, 0.4) is 0 Å². The summed E-state index contributed by atoms with van der Waals surface area (Å²) in [4.78, 5) is 14.4. The second-order valence-corrected chi connectivity index (χ2v) is 5.24. The molecule has 0 aromatic carbocycles. The second-order valence-electron chi connectivity index (χ2n) is 5.24. The van der Waals surface area contributed by atoms with Gasteiger partial charge in [-0.15, -0.1) is 0 Å². The first kappa shape index (κ1) is 11.5. The first-order valence-corrected chi connectivity index (χ1v) is 6.80. The van der Waals surface area contributed by atoms with Crippen molar-refractivity contribution < 1.29 is 4.79 Å². The smallest absolute Gasteiger partial charge is 0.255 e. The Morgan fingerprint density at radius 3 is 2.83 bits per heavy atom. The lowest BCUT2D eigenvalue weighted by molar-refractivity contribution is -0.115. The summed E-state index contributed by atoms with van der Waals surface area (Å²) in [5.41, 5.74) is 3.47. The number of carbonyl (C=O) groups excluding carboxylic acids is 1. The van der Waals surface area contributed by atoms with Crippen molar-refractivity contribution in [3.05, 3.63) is 22.9 Å². The maximum Gasteiger partial charge on any atom is 0.255 e. The SMILES string of the molecule is CC(C(=O)N1CCCc2cn[nH]c21)=C1CCCC1. The molecular weight excluding hydrogens is 226 g/mol. The van der Waals surface area contributed by atoms with Gasteiger partial charge in [-0.1, -0.05) is 5.57 Å². The molecule has 1 aromatic rings. The molecule has 4 heteroatoms. The summed E-state index contributed by atoms with van der Waals surface area (Å²) in [6.45, 7) is 2.78. The Balaban J connectivity index is 1.88. The fourth-order valence-electron chi connectivity index (χ4n) is 2.99. The Labute approximate surface area is 107 Å². The first-order valence-electron chi connectivity index (χ1n) is 6.80. The van der Waals surface area contributed by atoms with Crippen LogP contribution in [0.15, 0.2) is 17.3 Å². The molecule has 2 aliphatic rings. The van der Waals surface area contributed by atoms with E-state index < -0.39 is 0 Å². The third kappa shape index (κ3) is 1.85. The van der Waals surface area contributed by atoms with E-state index in [0.717, 1.165) is 43.6 Å². The van der Waals surface area contributed by atoms with Crippen molar-refractivity contribution in [2.75, 3.05) is 11.4 Å². The molecule has 0 atom stereocenters. The van der Waals surface area contributed by atoms with Gasteiger partial charge in [0.25, 0.3) is 5.91 Å². The number of aryl methyl sites for hydroxylation is 1. The van der Waals surface area contributed by atoms with Crippen molar-refractivity contribution in [2.45, 2.75) is 45.4 Å². The molecule has 0 bridgehead atoms. The van der Waals surface area contributed by atoms with Gasteiger partial charge in [0.1, 0.15) is 5.82 Å². The van der Waals surface area contributed by atoms with Gasteiger partial charge in [0.05, 0.1) is 6.20 Å². The molecule has 18 heavy (non-hydrogen) atoms. The maximum atomic E-state index is 12.6. The summed E-state index contributed by atoms with van der Waals surface area (Å²) in [7, 11) is 0. The Morgan fingerprint density at radius 1 is 1.28 bits per heavy atom. The summed E-state index contributed by atoms with van der Waals surface area (Å²) in [5, 5.41) is 7.02. The first-order chi connectivity index (χ1) is 8.77. The van der Waals surface area contributed by atoms with E-state index in [-0.39, 0.29) is 5.91 Å². The number of anilines is 1. The molecule has 4 nitrogen and oxygen atoms in total. The molecule has 1 N–H and O–H groups in total. The Bertz CT molecular complexity index is 493. The molecule has 96 valence electrons. The molecule has 1 saturated carbocycles. The Hall–Kier alpha value is -1.58. The van der Waals surface area contributed by atoms with Gasteiger partial charge in [-0.25, -0.2) is 0 Å². The van der Waals surface area contributed by atoms with E-state index in [9.17, 15) is 4.79 Å². The maximum absolute atomic E-state index is 12.6. The zero-order valence-corrected chi connectivity index (χ0v) is 10.8. The van der Waals surface area contributed by atoms with Gasteiger partial charge in [0, 0.05) is 17.7 Å². The number of allylic oxidation sites excluding steroid dienone is 1. The number of rotatable bonds is 1. The lowest BCUT2D eigenvalue weighted by atomic mass is 10.0. The number of nitrogens with one attached hydrogen (secondary N) is 1. The van der Waals surface area contributed by atoms with Crippen molar-refractivity contribution in [1.29, 1.82) is 0 Å². The topological polar surface area (TPSA) is 49.0 Å². The van der Waals surface area contributed by atoms with E-state index in [2.05, 4.69) is 10.2 Å². The standard InChI is InChI=1S/C14H19N3O/c1-10(11-5-2-3-6-11)14(18)17-8-4-7-12-9-15-16-13(12)17/h9H,2-8H2,1H3,(H,15,16). The zero-order valence-electron chi connectivity index (χ0n) is 10.8. The largest absolute Gasteiger partial charge is 0.293 e. The summed E-state index contributed by atoms with van der Waals surface area (Å²) in [6, 6.07) is 0. The van der Waals surface area contributed by atoms with Crippen LogP contribution in [0.4, 0.5) is 5.82 Å². The molecule has 1 aliphatic heterocycles. The van der Waals surface area contributed by atoms with E-state index >= 15 is 0 Å². The van der Waals surface area contributed by atoms with Crippen LogP contribution in [0.1, 0.15) is 44.6 Å². The average Bonchev–Trinajstić information content (AvgIpc) is 3.06. The number of hydrogen-bond donors (Lipinski definition) is 1. The number of amides is 1. The van der Waals surface area contributed by atoms with Crippen LogP contribution in [0.25, 0.3) is 0 Å². The van der Waals surface area contributed by atoms with Gasteiger partial charge in [-0.2, -0.15) is 5.10 Å². The van der Waals surface area contributed by atoms with Crippen molar-refractivity contribution in [3.8, 4) is 0 Å². The van der Waals surface area contributed by atoms with Gasteiger partial charge in [0.15, 0.2) is 0 Å². The average molecular weight is 245 g/mol. The van der Waals surface area contributed by atoms with E-state index in [1.54, 1.807) is 0 Å². The van der Waals surface area contributed by atoms with Crippen LogP contribution < -0.4 is 4.90 Å². The number of H-pyrrole nitrogens is 1. The minimum Gasteiger partial charge on any atom is -0.293 e. The van der Waals surface area contributed by atoms with Crippen LogP contribution in [0.5, 0.6) is 0 Å². The summed E-state index contributed by atoms with van der Waals surface area (Å²) < 4.78 is 0. The number of hydrogen-bond acceptors (Lipinski definition) is 2. The van der Waals surface area contributed by atoms with Gasteiger partial charge >= 0.3 is 0 Å². The van der Waals surface area contributed by atoms with Gasteiger partial charge < -0.3 is 0 Å².